The molecule has 3 amide bonds. The number of benzene rings is 2. The van der Waals surface area contributed by atoms with Gasteiger partial charge in [0.05, 0.1) is 30.8 Å². The predicted molar refractivity (Wildman–Crippen MR) is 155 cm³/mol. The number of methoxy groups -OCH3 is 2. The predicted octanol–water partition coefficient (Wildman–Crippen LogP) is 6.98. The fourth-order valence-corrected chi connectivity index (χ4v) is 4.86. The molecule has 1 atom stereocenters. The lowest BCUT2D eigenvalue weighted by Crippen LogP contribution is -2.48. The van der Waals surface area contributed by atoms with Gasteiger partial charge in [-0.15, -0.1) is 11.3 Å². The van der Waals surface area contributed by atoms with Crippen LogP contribution in [0.4, 0.5) is 10.5 Å². The van der Waals surface area contributed by atoms with Crippen molar-refractivity contribution in [1.29, 1.82) is 0 Å². The summed E-state index contributed by atoms with van der Waals surface area (Å²) in [6.07, 6.45) is 1.31. The van der Waals surface area contributed by atoms with E-state index in [0.29, 0.717) is 53.2 Å². The maximum absolute atomic E-state index is 13.6. The first kappa shape index (κ1) is 29.6. The van der Waals surface area contributed by atoms with Crippen LogP contribution in [-0.4, -0.2) is 55.1 Å². The van der Waals surface area contributed by atoms with E-state index in [-0.39, 0.29) is 24.5 Å². The highest BCUT2D eigenvalue weighted by molar-refractivity contribution is 7.09. The molecule has 7 nitrogen and oxygen atoms in total. The second-order valence-electron chi connectivity index (χ2n) is 8.78. The average Bonchev–Trinajstić information content (AvgIpc) is 3.44. The number of amides is 3. The van der Waals surface area contributed by atoms with Gasteiger partial charge in [0.15, 0.2) is 11.5 Å². The summed E-state index contributed by atoms with van der Waals surface area (Å²) in [7, 11) is 3.19. The number of anilines is 1. The summed E-state index contributed by atoms with van der Waals surface area (Å²) in [6, 6.07) is 14.1. The molecule has 1 N–H and O–H groups in total. The van der Waals surface area contributed by atoms with Crippen LogP contribution >= 0.6 is 34.5 Å². The van der Waals surface area contributed by atoms with E-state index in [1.165, 1.54) is 0 Å². The number of carbonyl (C=O) groups excluding carboxylic acids is 2. The summed E-state index contributed by atoms with van der Waals surface area (Å²) in [6.45, 7) is 4.80. The Balaban J connectivity index is 1.76. The van der Waals surface area contributed by atoms with E-state index in [1.807, 2.05) is 49.6 Å². The van der Waals surface area contributed by atoms with E-state index in [1.54, 1.807) is 53.6 Å². The molecule has 0 aliphatic heterocycles. The molecule has 0 bridgehead atoms. The number of thiophene rings is 1. The van der Waals surface area contributed by atoms with Crippen LogP contribution in [0.5, 0.6) is 11.5 Å². The third kappa shape index (κ3) is 8.03. The number of carbonyl (C=O) groups is 2. The van der Waals surface area contributed by atoms with Crippen molar-refractivity contribution >= 4 is 52.2 Å². The van der Waals surface area contributed by atoms with Gasteiger partial charge < -0.3 is 24.6 Å². The summed E-state index contributed by atoms with van der Waals surface area (Å²) in [5, 5.41) is 5.58. The Morgan fingerprint density at radius 2 is 1.79 bits per heavy atom. The van der Waals surface area contributed by atoms with E-state index in [9.17, 15) is 9.59 Å². The standard InChI is InChI=1S/C28H33Cl2N3O4S/c1-5-19(2)33(28(35)31-21-9-10-23(29)24(30)16-21)18-27(34)32(17-22-7-6-14-38-22)13-12-20-8-11-25(36-3)26(15-20)37-4/h6-11,14-16,19H,5,12-13,17-18H2,1-4H3,(H,31,35). The zero-order valence-electron chi connectivity index (χ0n) is 22.0. The van der Waals surface area contributed by atoms with Crippen molar-refractivity contribution in [3.8, 4) is 11.5 Å². The molecule has 38 heavy (non-hydrogen) atoms. The number of halogens is 2. The van der Waals surface area contributed by atoms with Gasteiger partial charge in [-0.25, -0.2) is 4.79 Å². The normalized spacial score (nSPS) is 11.5. The molecule has 1 aromatic heterocycles. The van der Waals surface area contributed by atoms with Gasteiger partial charge in [-0.1, -0.05) is 42.3 Å². The van der Waals surface area contributed by atoms with Gasteiger partial charge in [-0.05, 0) is 67.1 Å². The molecule has 0 spiro atoms. The Morgan fingerprint density at radius 1 is 1.03 bits per heavy atom. The summed E-state index contributed by atoms with van der Waals surface area (Å²) in [4.78, 5) is 31.3. The Hall–Kier alpha value is -2.94. The van der Waals surface area contributed by atoms with Crippen LogP contribution in [0.25, 0.3) is 0 Å². The third-order valence-electron chi connectivity index (χ3n) is 6.26. The lowest BCUT2D eigenvalue weighted by atomic mass is 10.1. The summed E-state index contributed by atoms with van der Waals surface area (Å²) >= 11 is 13.7. The first-order valence-corrected chi connectivity index (χ1v) is 13.9. The van der Waals surface area contributed by atoms with Crippen LogP contribution in [0.1, 0.15) is 30.7 Å². The second-order valence-corrected chi connectivity index (χ2v) is 10.6. The highest BCUT2D eigenvalue weighted by Gasteiger charge is 2.25. The third-order valence-corrected chi connectivity index (χ3v) is 7.86. The fraction of sp³-hybridized carbons (Fsp3) is 0.357. The van der Waals surface area contributed by atoms with Crippen LogP contribution in [0.2, 0.25) is 10.0 Å². The zero-order valence-corrected chi connectivity index (χ0v) is 24.3. The number of rotatable bonds is 12. The maximum atomic E-state index is 13.6. The molecule has 0 saturated heterocycles. The first-order chi connectivity index (χ1) is 18.2. The smallest absolute Gasteiger partial charge is 0.322 e. The van der Waals surface area contributed by atoms with Gasteiger partial charge in [0.1, 0.15) is 6.54 Å². The van der Waals surface area contributed by atoms with Gasteiger partial charge in [0.2, 0.25) is 5.91 Å². The SMILES string of the molecule is CCC(C)N(CC(=O)N(CCc1ccc(OC)c(OC)c1)Cc1cccs1)C(=O)Nc1ccc(Cl)c(Cl)c1. The molecule has 0 aliphatic carbocycles. The summed E-state index contributed by atoms with van der Waals surface area (Å²) in [5.74, 6) is 1.16. The van der Waals surface area contributed by atoms with E-state index >= 15 is 0 Å². The highest BCUT2D eigenvalue weighted by atomic mass is 35.5. The number of nitrogens with one attached hydrogen (secondary N) is 1. The molecule has 1 heterocycles. The van der Waals surface area contributed by atoms with Gasteiger partial charge >= 0.3 is 6.03 Å². The van der Waals surface area contributed by atoms with E-state index in [2.05, 4.69) is 5.32 Å². The van der Waals surface area contributed by atoms with Gasteiger partial charge in [0, 0.05) is 23.2 Å². The van der Waals surface area contributed by atoms with Crippen molar-refractivity contribution in [2.45, 2.75) is 39.3 Å². The monoisotopic (exact) mass is 577 g/mol. The van der Waals surface area contributed by atoms with E-state index in [4.69, 9.17) is 32.7 Å². The van der Waals surface area contributed by atoms with Crippen molar-refractivity contribution in [3.63, 3.8) is 0 Å². The average molecular weight is 579 g/mol. The molecule has 3 rings (SSSR count). The number of ether oxygens (including phenoxy) is 2. The van der Waals surface area contributed by atoms with Crippen LogP contribution in [-0.2, 0) is 17.8 Å². The molecular weight excluding hydrogens is 545 g/mol. The van der Waals surface area contributed by atoms with E-state index < -0.39 is 0 Å². The van der Waals surface area contributed by atoms with Crippen molar-refractivity contribution in [2.24, 2.45) is 0 Å². The highest BCUT2D eigenvalue weighted by Crippen LogP contribution is 2.28. The minimum absolute atomic E-state index is 0.0561. The Labute approximate surface area is 238 Å². The van der Waals surface area contributed by atoms with Crippen LogP contribution < -0.4 is 14.8 Å². The second kappa shape index (κ2) is 14.3. The Kier molecular flexibility index (Phi) is 11.1. The lowest BCUT2D eigenvalue weighted by molar-refractivity contribution is -0.132. The Morgan fingerprint density at radius 3 is 2.42 bits per heavy atom. The lowest BCUT2D eigenvalue weighted by Gasteiger charge is -2.31. The molecule has 3 aromatic rings. The van der Waals surface area contributed by atoms with Crippen molar-refractivity contribution in [2.75, 3.05) is 32.6 Å². The molecule has 2 aromatic carbocycles. The maximum Gasteiger partial charge on any atom is 0.322 e. The van der Waals surface area contributed by atoms with Gasteiger partial charge in [-0.3, -0.25) is 4.79 Å². The minimum atomic E-state index is -0.373. The topological polar surface area (TPSA) is 71.1 Å². The molecule has 1 unspecified atom stereocenters. The number of hydrogen-bond acceptors (Lipinski definition) is 5. The zero-order chi connectivity index (χ0) is 27.7. The molecule has 0 radical (unpaired) electrons. The van der Waals surface area contributed by atoms with E-state index in [0.717, 1.165) is 10.4 Å². The van der Waals surface area contributed by atoms with Crippen molar-refractivity contribution < 1.29 is 19.1 Å². The van der Waals surface area contributed by atoms with Crippen molar-refractivity contribution in [1.82, 2.24) is 9.80 Å². The molecule has 0 saturated carbocycles. The molecular formula is C28H33Cl2N3O4S. The number of urea groups is 1. The summed E-state index contributed by atoms with van der Waals surface area (Å²) in [5.41, 5.74) is 1.52. The van der Waals surface area contributed by atoms with Crippen LogP contribution in [0.3, 0.4) is 0 Å². The number of hydrogen-bond donors (Lipinski definition) is 1. The quantitative estimate of drug-likeness (QED) is 0.252. The summed E-state index contributed by atoms with van der Waals surface area (Å²) < 4.78 is 10.8. The fourth-order valence-electron chi connectivity index (χ4n) is 3.85. The van der Waals surface area contributed by atoms with Crippen LogP contribution in [0, 0.1) is 0 Å². The van der Waals surface area contributed by atoms with Crippen LogP contribution in [0.15, 0.2) is 53.9 Å². The largest absolute Gasteiger partial charge is 0.493 e. The van der Waals surface area contributed by atoms with Crippen molar-refractivity contribution in [3.05, 3.63) is 74.4 Å². The minimum Gasteiger partial charge on any atom is -0.493 e. The molecule has 0 fully saturated rings. The number of nitrogens with zero attached hydrogens (tertiary/aromatic N) is 2. The van der Waals surface area contributed by atoms with Gasteiger partial charge in [-0.2, -0.15) is 0 Å². The molecule has 204 valence electrons. The van der Waals surface area contributed by atoms with Gasteiger partial charge in [0.25, 0.3) is 0 Å². The first-order valence-electron chi connectivity index (χ1n) is 12.3. The molecule has 0 aliphatic rings. The molecule has 10 heteroatoms. The Bertz CT molecular complexity index is 1220.